The minimum Gasteiger partial charge on any atom is -0.357 e. The van der Waals surface area contributed by atoms with Crippen LogP contribution in [0, 0.1) is 0 Å². The van der Waals surface area contributed by atoms with E-state index in [1.807, 2.05) is 31.2 Å². The lowest BCUT2D eigenvalue weighted by Crippen LogP contribution is -2.58. The lowest BCUT2D eigenvalue weighted by Gasteiger charge is -2.48. The minimum atomic E-state index is -3.52. The predicted octanol–water partition coefficient (Wildman–Crippen LogP) is 4.95. The summed E-state index contributed by atoms with van der Waals surface area (Å²) in [4.78, 5) is 15.3. The number of amides is 1. The number of carbonyl (C=O) groups excluding carboxylic acids is 1. The average molecular weight is 528 g/mol. The number of sulfone groups is 1. The van der Waals surface area contributed by atoms with Crippen LogP contribution in [-0.4, -0.2) is 48.4 Å². The summed E-state index contributed by atoms with van der Waals surface area (Å²) in [7, 11) is -3.52. The van der Waals surface area contributed by atoms with Crippen LogP contribution in [-0.2, 0) is 19.4 Å². The molecule has 0 radical (unpaired) electrons. The van der Waals surface area contributed by atoms with Crippen molar-refractivity contribution in [3.63, 3.8) is 0 Å². The number of halogens is 2. The number of rotatable bonds is 7. The molecule has 3 rings (SSSR count). The Morgan fingerprint density at radius 2 is 1.71 bits per heavy atom. The first-order chi connectivity index (χ1) is 15.9. The van der Waals surface area contributed by atoms with Gasteiger partial charge in [-0.05, 0) is 62.6 Å². The topological polar surface area (TPSA) is 89.7 Å². The smallest absolute Gasteiger partial charge is 0.253 e. The minimum absolute atomic E-state index is 0.0256. The molecule has 1 heterocycles. The maximum absolute atomic E-state index is 13.7. The number of morpholine rings is 1. The lowest BCUT2D eigenvalue weighted by molar-refractivity contribution is -0.177. The molecule has 1 aliphatic heterocycles. The van der Waals surface area contributed by atoms with Gasteiger partial charge in [-0.1, -0.05) is 54.4 Å². The van der Waals surface area contributed by atoms with E-state index in [1.54, 1.807) is 49.9 Å². The second-order valence-electron chi connectivity index (χ2n) is 9.53. The highest BCUT2D eigenvalue weighted by atomic mass is 35.5. The van der Waals surface area contributed by atoms with Gasteiger partial charge in [0, 0.05) is 22.6 Å². The quantitative estimate of drug-likeness (QED) is 0.550. The van der Waals surface area contributed by atoms with Crippen molar-refractivity contribution >= 4 is 38.9 Å². The summed E-state index contributed by atoms with van der Waals surface area (Å²) >= 11 is 12.4. The van der Waals surface area contributed by atoms with Crippen LogP contribution in [0.3, 0.4) is 0 Å². The van der Waals surface area contributed by atoms with Gasteiger partial charge in [-0.3, -0.25) is 4.79 Å². The molecule has 1 unspecified atom stereocenters. The monoisotopic (exact) mass is 526 g/mol. The molecule has 0 aliphatic carbocycles. The Morgan fingerprint density at radius 1 is 1.06 bits per heavy atom. The molecule has 6 nitrogen and oxygen atoms in total. The molecule has 34 heavy (non-hydrogen) atoms. The number of hydrogen-bond acceptors (Lipinski definition) is 5. The van der Waals surface area contributed by atoms with Crippen LogP contribution >= 0.6 is 23.2 Å². The summed E-state index contributed by atoms with van der Waals surface area (Å²) in [6.45, 7) is 6.87. The second-order valence-corrected chi connectivity index (χ2v) is 13.2. The molecule has 1 fully saturated rings. The molecule has 2 aromatic rings. The van der Waals surface area contributed by atoms with Crippen LogP contribution in [0.15, 0.2) is 48.5 Å². The third-order valence-corrected chi connectivity index (χ3v) is 9.42. The Labute approximate surface area is 212 Å². The molecule has 2 aromatic carbocycles. The van der Waals surface area contributed by atoms with Gasteiger partial charge < -0.3 is 15.4 Å². The van der Waals surface area contributed by atoms with Gasteiger partial charge in [-0.25, -0.2) is 8.42 Å². The predicted molar refractivity (Wildman–Crippen MR) is 137 cm³/mol. The van der Waals surface area contributed by atoms with Crippen LogP contribution in [0.25, 0.3) is 0 Å². The molecule has 4 atom stereocenters. The third-order valence-electron chi connectivity index (χ3n) is 6.24. The van der Waals surface area contributed by atoms with Gasteiger partial charge in [0.25, 0.3) is 5.91 Å². The van der Waals surface area contributed by atoms with Crippen molar-refractivity contribution in [2.45, 2.75) is 63.2 Å². The first-order valence-electron chi connectivity index (χ1n) is 11.3. The standard InChI is InChI=1S/C25H32Cl2N2O4S/c1-5-20(15-34(31,32)25(2,3)4)29-22(16-9-11-18(26)12-10-16)23(33-21(14-28)24(29)30)17-7-6-8-19(27)13-17/h6-13,20-23H,5,14-15,28H2,1-4H3/t20?,21-,22+,23+/m0/s1. The Morgan fingerprint density at radius 3 is 2.24 bits per heavy atom. The van der Waals surface area contributed by atoms with Crippen LogP contribution in [0.2, 0.25) is 10.0 Å². The summed E-state index contributed by atoms with van der Waals surface area (Å²) in [5, 5.41) is 1.09. The highest BCUT2D eigenvalue weighted by Gasteiger charge is 2.47. The molecular formula is C25H32Cl2N2O4S. The van der Waals surface area contributed by atoms with Crippen molar-refractivity contribution in [2.75, 3.05) is 12.3 Å². The van der Waals surface area contributed by atoms with E-state index in [-0.39, 0.29) is 18.2 Å². The largest absolute Gasteiger partial charge is 0.357 e. The summed E-state index contributed by atoms with van der Waals surface area (Å²) in [5.74, 6) is -0.487. The molecule has 9 heteroatoms. The lowest BCUT2D eigenvalue weighted by atomic mass is 9.90. The van der Waals surface area contributed by atoms with Crippen molar-refractivity contribution in [2.24, 2.45) is 5.73 Å². The molecule has 0 saturated carbocycles. The summed E-state index contributed by atoms with van der Waals surface area (Å²) in [6.07, 6.45) is -1.05. The molecule has 1 amide bonds. The van der Waals surface area contributed by atoms with Gasteiger partial charge in [-0.2, -0.15) is 0 Å². The summed E-state index contributed by atoms with van der Waals surface area (Å²) < 4.78 is 31.7. The van der Waals surface area contributed by atoms with Gasteiger partial charge in [0.05, 0.1) is 16.5 Å². The van der Waals surface area contributed by atoms with Gasteiger partial charge in [0.15, 0.2) is 9.84 Å². The average Bonchev–Trinajstić information content (AvgIpc) is 2.77. The van der Waals surface area contributed by atoms with Gasteiger partial charge >= 0.3 is 0 Å². The maximum atomic E-state index is 13.7. The van der Waals surface area contributed by atoms with Crippen molar-refractivity contribution in [1.29, 1.82) is 0 Å². The molecule has 0 spiro atoms. The van der Waals surface area contributed by atoms with E-state index >= 15 is 0 Å². The van der Waals surface area contributed by atoms with Crippen molar-refractivity contribution in [3.8, 4) is 0 Å². The number of nitrogens with two attached hydrogens (primary N) is 1. The second kappa shape index (κ2) is 10.5. The van der Waals surface area contributed by atoms with E-state index in [0.717, 1.165) is 11.1 Å². The first-order valence-corrected chi connectivity index (χ1v) is 13.7. The van der Waals surface area contributed by atoms with Crippen LogP contribution in [0.1, 0.15) is 57.4 Å². The van der Waals surface area contributed by atoms with Crippen molar-refractivity contribution < 1.29 is 17.9 Å². The maximum Gasteiger partial charge on any atom is 0.253 e. The summed E-state index contributed by atoms with van der Waals surface area (Å²) in [6, 6.07) is 13.3. The van der Waals surface area contributed by atoms with Crippen molar-refractivity contribution in [1.82, 2.24) is 4.90 Å². The normalized spacial score (nSPS) is 22.6. The fourth-order valence-corrected chi connectivity index (χ4v) is 5.89. The molecule has 0 aromatic heterocycles. The number of hydrogen-bond donors (Lipinski definition) is 1. The molecular weight excluding hydrogens is 495 g/mol. The zero-order valence-electron chi connectivity index (χ0n) is 19.9. The summed E-state index contributed by atoms with van der Waals surface area (Å²) in [5.41, 5.74) is 7.49. The highest BCUT2D eigenvalue weighted by Crippen LogP contribution is 2.44. The van der Waals surface area contributed by atoms with Gasteiger partial charge in [0.1, 0.15) is 12.2 Å². The zero-order valence-corrected chi connectivity index (χ0v) is 22.2. The fraction of sp³-hybridized carbons (Fsp3) is 0.480. The van der Waals surface area contributed by atoms with Crippen LogP contribution in [0.4, 0.5) is 0 Å². The third kappa shape index (κ3) is 5.60. The van der Waals surface area contributed by atoms with E-state index in [4.69, 9.17) is 33.7 Å². The van der Waals surface area contributed by atoms with Crippen molar-refractivity contribution in [3.05, 3.63) is 69.7 Å². The molecule has 0 bridgehead atoms. The molecule has 1 saturated heterocycles. The fourth-order valence-electron chi connectivity index (χ4n) is 4.16. The van der Waals surface area contributed by atoms with Crippen LogP contribution < -0.4 is 5.73 Å². The van der Waals surface area contributed by atoms with E-state index in [0.29, 0.717) is 16.5 Å². The van der Waals surface area contributed by atoms with Crippen LogP contribution in [0.5, 0.6) is 0 Å². The number of benzene rings is 2. The van der Waals surface area contributed by atoms with Gasteiger partial charge in [-0.15, -0.1) is 0 Å². The molecule has 186 valence electrons. The Kier molecular flexibility index (Phi) is 8.36. The Balaban J connectivity index is 2.18. The Hall–Kier alpha value is -1.64. The van der Waals surface area contributed by atoms with E-state index in [9.17, 15) is 13.2 Å². The Bertz CT molecular complexity index is 1120. The van der Waals surface area contributed by atoms with E-state index < -0.39 is 38.9 Å². The number of carbonyl (C=O) groups is 1. The SMILES string of the molecule is CCC(CS(=O)(=O)C(C)(C)C)N1C(=O)[C@H](CN)O[C@H](c2cccc(Cl)c2)[C@H]1c1ccc(Cl)cc1. The highest BCUT2D eigenvalue weighted by molar-refractivity contribution is 7.92. The number of nitrogens with zero attached hydrogens (tertiary/aromatic N) is 1. The first kappa shape index (κ1) is 27.0. The zero-order chi connectivity index (χ0) is 25.3. The number of ether oxygens (including phenoxy) is 1. The molecule has 2 N–H and O–H groups in total. The molecule has 1 aliphatic rings. The van der Waals surface area contributed by atoms with Gasteiger partial charge in [0.2, 0.25) is 0 Å². The van der Waals surface area contributed by atoms with E-state index in [2.05, 4.69) is 0 Å². The van der Waals surface area contributed by atoms with E-state index in [1.165, 1.54) is 0 Å².